The van der Waals surface area contributed by atoms with Gasteiger partial charge in [-0.3, -0.25) is 4.68 Å². The lowest BCUT2D eigenvalue weighted by Gasteiger charge is -2.35. The third-order valence-electron chi connectivity index (χ3n) is 9.65. The molecule has 0 aliphatic heterocycles. The molecule has 7 rings (SSSR count). The van der Waals surface area contributed by atoms with Gasteiger partial charge in [0.2, 0.25) is 5.82 Å². The van der Waals surface area contributed by atoms with Crippen molar-refractivity contribution in [1.29, 1.82) is 0 Å². The first-order chi connectivity index (χ1) is 23.3. The normalized spacial score (nSPS) is 14.0. The van der Waals surface area contributed by atoms with Crippen LogP contribution in [0.4, 0.5) is 8.78 Å². The van der Waals surface area contributed by atoms with E-state index in [1.165, 1.54) is 0 Å². The second-order valence-corrected chi connectivity index (χ2v) is 12.7. The minimum atomic E-state index is -1.04. The summed E-state index contributed by atoms with van der Waals surface area (Å²) in [7, 11) is 1.86. The van der Waals surface area contributed by atoms with Crippen LogP contribution in [0.1, 0.15) is 65.7 Å². The molecule has 1 fully saturated rings. The molecule has 9 heteroatoms. The standard InChI is InChI=1S/C39H39F2N5O2/c1-25-31(20-21-48-37-32(17-18-33(40)35(37)41)26-14-19-34-43-23-30(22-42-3)45(34)24-26)36(44-46(25)29-15-16-29)38(47)39(2,27-10-6-4-7-11-27)28-12-8-5-9-13-28/h4-14,17-19,23-24,29,38,42,47H,15-16,20-22H2,1-3H3. The maximum absolute atomic E-state index is 15.5. The summed E-state index contributed by atoms with van der Waals surface area (Å²) in [6.07, 6.45) is 5.05. The first kappa shape index (κ1) is 31.7. The molecular formula is C39H39F2N5O2. The van der Waals surface area contributed by atoms with Crippen LogP contribution < -0.4 is 10.1 Å². The van der Waals surface area contributed by atoms with Crippen molar-refractivity contribution in [1.82, 2.24) is 24.5 Å². The smallest absolute Gasteiger partial charge is 0.201 e. The van der Waals surface area contributed by atoms with Crippen LogP contribution in [0.3, 0.4) is 0 Å². The third kappa shape index (κ3) is 5.67. The zero-order valence-corrected chi connectivity index (χ0v) is 27.3. The molecule has 3 heterocycles. The molecule has 246 valence electrons. The van der Waals surface area contributed by atoms with Gasteiger partial charge in [-0.05, 0) is 69.1 Å². The Labute approximate surface area is 278 Å². The Morgan fingerprint density at radius 3 is 2.31 bits per heavy atom. The minimum absolute atomic E-state index is 0.0516. The number of benzene rings is 3. The lowest BCUT2D eigenvalue weighted by molar-refractivity contribution is 0.106. The average Bonchev–Trinajstić information content (AvgIpc) is 3.81. The highest BCUT2D eigenvalue weighted by molar-refractivity contribution is 5.71. The molecule has 1 aliphatic carbocycles. The predicted octanol–water partition coefficient (Wildman–Crippen LogP) is 7.50. The molecule has 0 spiro atoms. The fourth-order valence-corrected chi connectivity index (χ4v) is 6.76. The van der Waals surface area contributed by atoms with E-state index in [0.717, 1.165) is 52.6 Å². The summed E-state index contributed by atoms with van der Waals surface area (Å²) >= 11 is 0. The Hall–Kier alpha value is -4.86. The molecule has 0 radical (unpaired) electrons. The van der Waals surface area contributed by atoms with Crippen LogP contribution in [0.15, 0.2) is 97.3 Å². The summed E-state index contributed by atoms with van der Waals surface area (Å²) in [5.74, 6) is -2.18. The van der Waals surface area contributed by atoms with Gasteiger partial charge in [-0.15, -0.1) is 0 Å². The van der Waals surface area contributed by atoms with Gasteiger partial charge in [-0.2, -0.15) is 9.49 Å². The highest BCUT2D eigenvalue weighted by Crippen LogP contribution is 2.45. The molecule has 1 atom stereocenters. The summed E-state index contributed by atoms with van der Waals surface area (Å²) in [4.78, 5) is 4.44. The number of aliphatic hydroxyl groups excluding tert-OH is 1. The second kappa shape index (κ2) is 13.0. The largest absolute Gasteiger partial charge is 0.489 e. The van der Waals surface area contributed by atoms with Gasteiger partial charge in [0, 0.05) is 47.0 Å². The van der Waals surface area contributed by atoms with Crippen molar-refractivity contribution in [3.63, 3.8) is 0 Å². The fraction of sp³-hybridized carbons (Fsp3) is 0.282. The number of hydrogen-bond donors (Lipinski definition) is 2. The number of pyridine rings is 1. The molecule has 0 saturated heterocycles. The lowest BCUT2D eigenvalue weighted by Crippen LogP contribution is -2.33. The Morgan fingerprint density at radius 1 is 0.979 bits per heavy atom. The molecule has 0 bridgehead atoms. The van der Waals surface area contributed by atoms with Crippen molar-refractivity contribution in [2.45, 2.75) is 57.2 Å². The molecule has 3 aromatic carbocycles. The molecule has 1 saturated carbocycles. The number of halogens is 2. The summed E-state index contributed by atoms with van der Waals surface area (Å²) in [6.45, 7) is 4.70. The highest BCUT2D eigenvalue weighted by Gasteiger charge is 2.41. The molecule has 3 aromatic heterocycles. The molecule has 0 amide bonds. The maximum Gasteiger partial charge on any atom is 0.201 e. The van der Waals surface area contributed by atoms with E-state index in [1.54, 1.807) is 12.3 Å². The van der Waals surface area contributed by atoms with E-state index in [1.807, 2.05) is 109 Å². The summed E-state index contributed by atoms with van der Waals surface area (Å²) < 4.78 is 40.2. The van der Waals surface area contributed by atoms with Gasteiger partial charge in [0.15, 0.2) is 11.6 Å². The van der Waals surface area contributed by atoms with Gasteiger partial charge in [0.1, 0.15) is 11.8 Å². The molecule has 1 aliphatic rings. The van der Waals surface area contributed by atoms with E-state index >= 15 is 4.39 Å². The zero-order valence-electron chi connectivity index (χ0n) is 27.3. The number of imidazole rings is 1. The second-order valence-electron chi connectivity index (χ2n) is 12.7. The van der Waals surface area contributed by atoms with Crippen LogP contribution in [-0.4, -0.2) is 37.9 Å². The number of aromatic nitrogens is 4. The summed E-state index contributed by atoms with van der Waals surface area (Å²) in [5, 5.41) is 20.5. The number of aliphatic hydroxyl groups is 1. The third-order valence-corrected chi connectivity index (χ3v) is 9.65. The molecule has 7 nitrogen and oxygen atoms in total. The van der Waals surface area contributed by atoms with Crippen molar-refractivity contribution >= 4 is 5.65 Å². The van der Waals surface area contributed by atoms with Gasteiger partial charge in [0.05, 0.1) is 30.2 Å². The Kier molecular flexibility index (Phi) is 8.58. The highest BCUT2D eigenvalue weighted by atomic mass is 19.2. The Morgan fingerprint density at radius 2 is 1.67 bits per heavy atom. The summed E-state index contributed by atoms with van der Waals surface area (Å²) in [5.41, 5.74) is 6.27. The fourth-order valence-electron chi connectivity index (χ4n) is 6.76. The van der Waals surface area contributed by atoms with E-state index in [2.05, 4.69) is 10.3 Å². The number of hydrogen-bond acceptors (Lipinski definition) is 5. The van der Waals surface area contributed by atoms with E-state index < -0.39 is 23.2 Å². The van der Waals surface area contributed by atoms with Gasteiger partial charge in [0.25, 0.3) is 0 Å². The molecule has 6 aromatic rings. The Bertz CT molecular complexity index is 2010. The average molecular weight is 648 g/mol. The van der Waals surface area contributed by atoms with Gasteiger partial charge < -0.3 is 19.6 Å². The zero-order chi connectivity index (χ0) is 33.4. The molecule has 2 N–H and O–H groups in total. The van der Waals surface area contributed by atoms with Crippen molar-refractivity contribution in [2.24, 2.45) is 0 Å². The van der Waals surface area contributed by atoms with Crippen LogP contribution >= 0.6 is 0 Å². The first-order valence-electron chi connectivity index (χ1n) is 16.4. The minimum Gasteiger partial charge on any atom is -0.489 e. The van der Waals surface area contributed by atoms with Crippen molar-refractivity contribution in [2.75, 3.05) is 13.7 Å². The van der Waals surface area contributed by atoms with Crippen molar-refractivity contribution < 1.29 is 18.6 Å². The van der Waals surface area contributed by atoms with Crippen molar-refractivity contribution in [3.8, 4) is 16.9 Å². The molecular weight excluding hydrogens is 608 g/mol. The maximum atomic E-state index is 15.5. The van der Waals surface area contributed by atoms with E-state index in [9.17, 15) is 9.50 Å². The van der Waals surface area contributed by atoms with E-state index in [0.29, 0.717) is 29.8 Å². The van der Waals surface area contributed by atoms with Gasteiger partial charge in [-0.25, -0.2) is 9.37 Å². The lowest BCUT2D eigenvalue weighted by atomic mass is 9.70. The number of nitrogens with zero attached hydrogens (tertiary/aromatic N) is 4. The van der Waals surface area contributed by atoms with Crippen LogP contribution in [0.2, 0.25) is 0 Å². The van der Waals surface area contributed by atoms with Crippen LogP contribution in [-0.2, 0) is 18.4 Å². The number of fused-ring (bicyclic) bond motifs is 1. The van der Waals surface area contributed by atoms with Crippen LogP contribution in [0, 0.1) is 18.6 Å². The quantitative estimate of drug-likeness (QED) is 0.144. The molecule has 48 heavy (non-hydrogen) atoms. The number of rotatable bonds is 12. The number of ether oxygens (including phenoxy) is 1. The topological polar surface area (TPSA) is 76.6 Å². The van der Waals surface area contributed by atoms with Crippen LogP contribution in [0.25, 0.3) is 16.8 Å². The van der Waals surface area contributed by atoms with Crippen LogP contribution in [0.5, 0.6) is 5.75 Å². The predicted molar refractivity (Wildman–Crippen MR) is 182 cm³/mol. The number of nitrogens with one attached hydrogen (secondary N) is 1. The van der Waals surface area contributed by atoms with Crippen molar-refractivity contribution in [3.05, 3.63) is 143 Å². The van der Waals surface area contributed by atoms with Gasteiger partial charge >= 0.3 is 0 Å². The summed E-state index contributed by atoms with van der Waals surface area (Å²) in [6, 6.07) is 26.6. The molecule has 1 unspecified atom stereocenters. The van der Waals surface area contributed by atoms with E-state index in [4.69, 9.17) is 9.84 Å². The van der Waals surface area contributed by atoms with Gasteiger partial charge in [-0.1, -0.05) is 60.7 Å². The van der Waals surface area contributed by atoms with E-state index in [-0.39, 0.29) is 18.4 Å². The monoisotopic (exact) mass is 647 g/mol. The first-order valence-corrected chi connectivity index (χ1v) is 16.4. The SMILES string of the molecule is CNCc1cnc2ccc(-c3ccc(F)c(F)c3OCCc3c(C(O)C(C)(c4ccccc4)c4ccccc4)nn(C4CC4)c3C)cn12. The Balaban J connectivity index is 1.23.